The average molecular weight is 1200 g/mol. The highest BCUT2D eigenvalue weighted by Crippen LogP contribution is 2.41. The van der Waals surface area contributed by atoms with E-state index in [0.717, 1.165) is 42.5 Å². The van der Waals surface area contributed by atoms with Gasteiger partial charge in [0.1, 0.15) is 124 Å². The van der Waals surface area contributed by atoms with Gasteiger partial charge in [-0.15, -0.1) is 0 Å². The standard InChI is InChI=1S/C30H26O13.C28H24O15/c31-16-6-1-14(2-7-16)3-10-22(35)40-13-21-24(36)26(38)27(39)30(42-21)43-29-25(37)23-19(34)11-18(33)12-20(23)41-28(29)15-4-8-17(32)9-5-15;29-12-3-1-10(2-4-12)25-26(22(36)19-14(31)7-13(30)8-17(19)41-25)43-28-24(38)23(37)21(35)18(42-28)9-40-27(39)11-5-15(32)20(34)16(33)6-11/h1-12,21,24,26-27,30-34,36,38-39H,13H2;1-8,18,21,23-24,28-35,37-38H,9H2/b10-3+;/t21?,24-,26?,27?,30+;18?,21-,23?,24?,28+/m11/s1. The van der Waals surface area contributed by atoms with Gasteiger partial charge in [0.15, 0.2) is 28.8 Å². The Labute approximate surface area is 480 Å². The van der Waals surface area contributed by atoms with Crippen molar-refractivity contribution in [2.45, 2.75) is 61.4 Å². The van der Waals surface area contributed by atoms with E-state index in [2.05, 4.69) is 0 Å². The number of aliphatic hydroxyl groups is 6. The number of hydrogen-bond acceptors (Lipinski definition) is 28. The van der Waals surface area contributed by atoms with E-state index < -0.39 is 155 Å². The lowest BCUT2D eigenvalue weighted by Gasteiger charge is -2.39. The summed E-state index contributed by atoms with van der Waals surface area (Å²) in [5, 5.41) is 160. The summed E-state index contributed by atoms with van der Waals surface area (Å²) < 4.78 is 44.3. The van der Waals surface area contributed by atoms with Crippen molar-refractivity contribution in [2.24, 2.45) is 0 Å². The zero-order valence-electron chi connectivity index (χ0n) is 43.8. The Balaban J connectivity index is 0.000000205. The van der Waals surface area contributed by atoms with E-state index in [1.165, 1.54) is 66.7 Å². The maximum Gasteiger partial charge on any atom is 0.338 e. The minimum absolute atomic E-state index is 0.0495. The molecule has 0 aliphatic carbocycles. The molecule has 2 aromatic heterocycles. The summed E-state index contributed by atoms with van der Waals surface area (Å²) in [5.41, 5.74) is -1.76. The van der Waals surface area contributed by atoms with Crippen molar-refractivity contribution in [3.8, 4) is 91.6 Å². The zero-order valence-corrected chi connectivity index (χ0v) is 43.8. The molecule has 2 fully saturated rings. The van der Waals surface area contributed by atoms with Crippen LogP contribution < -0.4 is 20.3 Å². The molecule has 450 valence electrons. The van der Waals surface area contributed by atoms with Gasteiger partial charge in [0.2, 0.25) is 34.9 Å². The molecule has 28 heteroatoms. The molecule has 0 amide bonds. The largest absolute Gasteiger partial charge is 0.508 e. The molecule has 0 saturated carbocycles. The highest BCUT2D eigenvalue weighted by atomic mass is 16.7. The van der Waals surface area contributed by atoms with Gasteiger partial charge in [-0.3, -0.25) is 9.59 Å². The van der Waals surface area contributed by atoms with Gasteiger partial charge in [-0.1, -0.05) is 12.1 Å². The highest BCUT2D eigenvalue weighted by Gasteiger charge is 2.48. The van der Waals surface area contributed by atoms with Gasteiger partial charge in [-0.05, 0) is 84.4 Å². The molecule has 2 aliphatic heterocycles. The predicted octanol–water partition coefficient (Wildman–Crippen LogP) is 2.46. The Morgan fingerprint density at radius 3 is 1.27 bits per heavy atom. The molecule has 16 N–H and O–H groups in total. The molecule has 2 saturated heterocycles. The van der Waals surface area contributed by atoms with Gasteiger partial charge in [-0.25, -0.2) is 9.59 Å². The van der Waals surface area contributed by atoms with Crippen LogP contribution in [0.4, 0.5) is 0 Å². The third kappa shape index (κ3) is 12.8. The number of benzene rings is 6. The number of hydrogen-bond donors (Lipinski definition) is 16. The molecular formula is C58H50O28. The smallest absolute Gasteiger partial charge is 0.338 e. The summed E-state index contributed by atoms with van der Waals surface area (Å²) in [6, 6.07) is 22.2. The summed E-state index contributed by atoms with van der Waals surface area (Å²) in [6.45, 7) is -1.34. The van der Waals surface area contributed by atoms with E-state index in [-0.39, 0.29) is 62.0 Å². The van der Waals surface area contributed by atoms with Crippen LogP contribution in [0.15, 0.2) is 134 Å². The van der Waals surface area contributed by atoms with Crippen molar-refractivity contribution in [3.05, 3.63) is 147 Å². The first-order valence-electron chi connectivity index (χ1n) is 25.3. The number of rotatable bonds is 13. The fraction of sp³-hybridized carbons (Fsp3) is 0.207. The lowest BCUT2D eigenvalue weighted by molar-refractivity contribution is -0.278. The van der Waals surface area contributed by atoms with Gasteiger partial charge in [0.25, 0.3) is 0 Å². The van der Waals surface area contributed by atoms with Crippen LogP contribution in [-0.4, -0.2) is 168 Å². The second-order valence-electron chi connectivity index (χ2n) is 19.2. The van der Waals surface area contributed by atoms with E-state index >= 15 is 0 Å². The summed E-state index contributed by atoms with van der Waals surface area (Å²) in [4.78, 5) is 51.8. The summed E-state index contributed by atoms with van der Waals surface area (Å²) in [5.74, 6) is -8.44. The second-order valence-corrected chi connectivity index (χ2v) is 19.2. The Hall–Kier alpha value is -10.3. The lowest BCUT2D eigenvalue weighted by Crippen LogP contribution is -2.60. The number of esters is 2. The third-order valence-corrected chi connectivity index (χ3v) is 13.3. The van der Waals surface area contributed by atoms with Crippen molar-refractivity contribution >= 4 is 40.0 Å². The van der Waals surface area contributed by atoms with Crippen LogP contribution in [0.1, 0.15) is 15.9 Å². The SMILES string of the molecule is O=C(/C=C/c1ccc(O)cc1)OCC1O[C@@H](Oc2c(-c3ccc(O)cc3)oc3cc(O)cc(O)c3c2=O)C(O)C(O)[C@@H]1O.O=C(OCC1O[C@@H](Oc2c(-c3ccc(O)cc3)oc3cc(O)cc(O)c3c2=O)C(O)C(O)[C@@H]1O)c1cc(O)c(O)c(O)c1. The number of ether oxygens (including phenoxy) is 6. The molecule has 6 unspecified atom stereocenters. The minimum atomic E-state index is -1.97. The third-order valence-electron chi connectivity index (χ3n) is 13.3. The number of carbonyl (C=O) groups excluding carboxylic acids is 2. The van der Waals surface area contributed by atoms with E-state index in [9.17, 15) is 101 Å². The first kappa shape index (κ1) is 60.3. The van der Waals surface area contributed by atoms with E-state index in [0.29, 0.717) is 5.56 Å². The van der Waals surface area contributed by atoms with E-state index in [1.54, 1.807) is 12.1 Å². The van der Waals surface area contributed by atoms with Gasteiger partial charge >= 0.3 is 11.9 Å². The number of carbonyl (C=O) groups is 2. The molecule has 6 aromatic carbocycles. The Kier molecular flexibility index (Phi) is 17.4. The predicted molar refractivity (Wildman–Crippen MR) is 290 cm³/mol. The monoisotopic (exact) mass is 1190 g/mol. The van der Waals surface area contributed by atoms with Crippen molar-refractivity contribution in [1.82, 2.24) is 0 Å². The normalized spacial score (nSPS) is 22.0. The van der Waals surface area contributed by atoms with Crippen LogP contribution in [0.2, 0.25) is 0 Å². The number of phenolic OH excluding ortho intramolecular Hbond substituents is 10. The van der Waals surface area contributed by atoms with Crippen LogP contribution in [0, 0.1) is 0 Å². The van der Waals surface area contributed by atoms with E-state index in [4.69, 9.17) is 37.3 Å². The molecule has 28 nitrogen and oxygen atoms in total. The molecule has 2 aliphatic rings. The molecule has 8 aromatic rings. The fourth-order valence-electron chi connectivity index (χ4n) is 8.82. The van der Waals surface area contributed by atoms with Crippen LogP contribution in [0.3, 0.4) is 0 Å². The first-order chi connectivity index (χ1) is 40.9. The van der Waals surface area contributed by atoms with Crippen LogP contribution in [0.5, 0.6) is 69.0 Å². The summed E-state index contributed by atoms with van der Waals surface area (Å²) >= 11 is 0. The lowest BCUT2D eigenvalue weighted by atomic mass is 9.99. The molecule has 0 spiro atoms. The Bertz CT molecular complexity index is 3950. The van der Waals surface area contributed by atoms with E-state index in [1.807, 2.05) is 0 Å². The molecule has 10 rings (SSSR count). The summed E-state index contributed by atoms with van der Waals surface area (Å²) in [7, 11) is 0. The fourth-order valence-corrected chi connectivity index (χ4v) is 8.82. The average Bonchev–Trinajstić information content (AvgIpc) is 1.06. The molecule has 10 atom stereocenters. The summed E-state index contributed by atoms with van der Waals surface area (Å²) in [6.07, 6.45) is -15.4. The quantitative estimate of drug-likeness (QED) is 0.0448. The van der Waals surface area contributed by atoms with Crippen molar-refractivity contribution in [2.75, 3.05) is 13.2 Å². The number of aromatic hydroxyl groups is 10. The molecule has 0 bridgehead atoms. The maximum atomic E-state index is 13.5. The van der Waals surface area contributed by atoms with Crippen molar-refractivity contribution in [1.29, 1.82) is 0 Å². The second kappa shape index (κ2) is 24.9. The number of fused-ring (bicyclic) bond motifs is 2. The van der Waals surface area contributed by atoms with Crippen LogP contribution in [0.25, 0.3) is 50.7 Å². The molecule has 0 radical (unpaired) electrons. The number of aliphatic hydroxyl groups excluding tert-OH is 6. The maximum absolute atomic E-state index is 13.5. The molecule has 86 heavy (non-hydrogen) atoms. The molecule has 4 heterocycles. The van der Waals surface area contributed by atoms with Crippen molar-refractivity contribution < 1.29 is 129 Å². The zero-order chi connectivity index (χ0) is 62.0. The van der Waals surface area contributed by atoms with Gasteiger partial charge in [0, 0.05) is 41.5 Å². The van der Waals surface area contributed by atoms with Crippen LogP contribution >= 0.6 is 0 Å². The van der Waals surface area contributed by atoms with Gasteiger partial charge in [-0.2, -0.15) is 0 Å². The van der Waals surface area contributed by atoms with Crippen LogP contribution in [-0.2, 0) is 23.7 Å². The first-order valence-corrected chi connectivity index (χ1v) is 25.3. The van der Waals surface area contributed by atoms with Gasteiger partial charge in [0.05, 0.1) is 5.56 Å². The topological polar surface area (TPSA) is 474 Å². The number of phenols is 10. The Morgan fingerprint density at radius 2 is 0.849 bits per heavy atom. The van der Waals surface area contributed by atoms with Crippen molar-refractivity contribution in [3.63, 3.8) is 0 Å². The molecular weight excluding hydrogens is 1140 g/mol. The highest BCUT2D eigenvalue weighted by molar-refractivity contribution is 5.92. The Morgan fingerprint density at radius 1 is 0.453 bits per heavy atom. The minimum Gasteiger partial charge on any atom is -0.508 e. The van der Waals surface area contributed by atoms with Gasteiger partial charge < -0.3 is 119 Å².